The third-order valence-corrected chi connectivity index (χ3v) is 3.45. The van der Waals surface area contributed by atoms with Crippen LogP contribution in [0.3, 0.4) is 0 Å². The largest absolute Gasteiger partial charge is 0.377 e. The van der Waals surface area contributed by atoms with E-state index in [1.54, 1.807) is 6.08 Å². The van der Waals surface area contributed by atoms with Gasteiger partial charge in [-0.25, -0.2) is 4.39 Å². The SMILES string of the molecule is CC(C)C(=O)/C=C/CN1CCN(CCOCCF)CC1. The van der Waals surface area contributed by atoms with Crippen LogP contribution in [0.25, 0.3) is 0 Å². The van der Waals surface area contributed by atoms with Crippen LogP contribution in [-0.2, 0) is 9.53 Å². The van der Waals surface area contributed by atoms with Gasteiger partial charge in [-0.2, -0.15) is 0 Å². The number of rotatable bonds is 9. The van der Waals surface area contributed by atoms with Gasteiger partial charge in [-0.1, -0.05) is 19.9 Å². The Kier molecular flexibility index (Phi) is 8.65. The van der Waals surface area contributed by atoms with Crippen LogP contribution in [0.1, 0.15) is 13.8 Å². The van der Waals surface area contributed by atoms with E-state index in [0.717, 1.165) is 39.3 Å². The van der Waals surface area contributed by atoms with Crippen LogP contribution in [0.15, 0.2) is 12.2 Å². The van der Waals surface area contributed by atoms with Crippen molar-refractivity contribution in [3.63, 3.8) is 0 Å². The van der Waals surface area contributed by atoms with E-state index in [9.17, 15) is 9.18 Å². The molecule has 1 rings (SSSR count). The number of hydrogen-bond donors (Lipinski definition) is 0. The van der Waals surface area contributed by atoms with Crippen LogP contribution in [0.4, 0.5) is 4.39 Å². The summed E-state index contributed by atoms with van der Waals surface area (Å²) >= 11 is 0. The topological polar surface area (TPSA) is 32.8 Å². The van der Waals surface area contributed by atoms with Gasteiger partial charge in [0.05, 0.1) is 13.2 Å². The molecule has 0 amide bonds. The molecule has 0 atom stereocenters. The van der Waals surface area contributed by atoms with Crippen molar-refractivity contribution in [2.24, 2.45) is 5.92 Å². The second kappa shape index (κ2) is 10.0. The number of piperazine rings is 1. The van der Waals surface area contributed by atoms with Gasteiger partial charge in [0.25, 0.3) is 0 Å². The number of ether oxygens (including phenoxy) is 1. The molecule has 0 radical (unpaired) electrons. The van der Waals surface area contributed by atoms with E-state index in [1.165, 1.54) is 0 Å². The van der Waals surface area contributed by atoms with Crippen LogP contribution in [0, 0.1) is 5.92 Å². The summed E-state index contributed by atoms with van der Waals surface area (Å²) in [4.78, 5) is 16.1. The summed E-state index contributed by atoms with van der Waals surface area (Å²) in [6, 6.07) is 0. The molecule has 1 fully saturated rings. The molecular formula is C15H27FN2O2. The Hall–Kier alpha value is -0.780. The van der Waals surface area contributed by atoms with Gasteiger partial charge in [0.15, 0.2) is 5.78 Å². The van der Waals surface area contributed by atoms with Crippen molar-refractivity contribution in [2.75, 3.05) is 59.2 Å². The van der Waals surface area contributed by atoms with Gasteiger partial charge < -0.3 is 4.74 Å². The number of alkyl halides is 1. The minimum atomic E-state index is -0.408. The number of carbonyl (C=O) groups excluding carboxylic acids is 1. The summed E-state index contributed by atoms with van der Waals surface area (Å²) in [6.07, 6.45) is 3.66. The van der Waals surface area contributed by atoms with Crippen molar-refractivity contribution >= 4 is 5.78 Å². The lowest BCUT2D eigenvalue weighted by Crippen LogP contribution is -2.47. The monoisotopic (exact) mass is 286 g/mol. The van der Waals surface area contributed by atoms with E-state index in [1.807, 2.05) is 19.9 Å². The predicted octanol–water partition coefficient (Wildman–Crippen LogP) is 1.37. The molecule has 0 aromatic carbocycles. The maximum atomic E-state index is 11.9. The molecule has 0 saturated carbocycles. The van der Waals surface area contributed by atoms with Gasteiger partial charge in [-0.05, 0) is 6.08 Å². The maximum Gasteiger partial charge on any atom is 0.157 e. The molecule has 0 aromatic heterocycles. The standard InChI is InChI=1S/C15H27FN2O2/c1-14(2)15(19)4-3-6-17-7-9-18(10-8-17)11-13-20-12-5-16/h3-4,14H,5-13H2,1-2H3/b4-3+. The first-order valence-electron chi connectivity index (χ1n) is 7.42. The van der Waals surface area contributed by atoms with Crippen molar-refractivity contribution in [1.29, 1.82) is 0 Å². The van der Waals surface area contributed by atoms with Crippen molar-refractivity contribution in [3.8, 4) is 0 Å². The number of allylic oxidation sites excluding steroid dienone is 1. The second-order valence-corrected chi connectivity index (χ2v) is 5.40. The first-order chi connectivity index (χ1) is 9.63. The minimum Gasteiger partial charge on any atom is -0.377 e. The first-order valence-corrected chi connectivity index (χ1v) is 7.42. The van der Waals surface area contributed by atoms with E-state index in [0.29, 0.717) is 6.61 Å². The zero-order valence-corrected chi connectivity index (χ0v) is 12.7. The van der Waals surface area contributed by atoms with E-state index >= 15 is 0 Å². The fourth-order valence-electron chi connectivity index (χ4n) is 2.06. The molecule has 20 heavy (non-hydrogen) atoms. The van der Waals surface area contributed by atoms with E-state index in [4.69, 9.17) is 4.74 Å². The zero-order chi connectivity index (χ0) is 14.8. The molecular weight excluding hydrogens is 259 g/mol. The Morgan fingerprint density at radius 3 is 2.45 bits per heavy atom. The summed E-state index contributed by atoms with van der Waals surface area (Å²) in [5.74, 6) is 0.265. The highest BCUT2D eigenvalue weighted by atomic mass is 19.1. The zero-order valence-electron chi connectivity index (χ0n) is 12.7. The summed E-state index contributed by atoms with van der Waals surface area (Å²) in [7, 11) is 0. The molecule has 0 aliphatic carbocycles. The number of hydrogen-bond acceptors (Lipinski definition) is 4. The van der Waals surface area contributed by atoms with Gasteiger partial charge in [-0.15, -0.1) is 0 Å². The van der Waals surface area contributed by atoms with Crippen molar-refractivity contribution in [2.45, 2.75) is 13.8 Å². The van der Waals surface area contributed by atoms with E-state index in [2.05, 4.69) is 9.80 Å². The number of ketones is 1. The molecule has 116 valence electrons. The molecule has 0 aromatic rings. The average Bonchev–Trinajstić information content (AvgIpc) is 2.45. The minimum absolute atomic E-state index is 0.0763. The van der Waals surface area contributed by atoms with Crippen molar-refractivity contribution in [1.82, 2.24) is 9.80 Å². The third kappa shape index (κ3) is 7.12. The lowest BCUT2D eigenvalue weighted by Gasteiger charge is -2.33. The Labute approximate surface area is 121 Å². The van der Waals surface area contributed by atoms with Crippen LogP contribution < -0.4 is 0 Å². The normalized spacial score (nSPS) is 18.2. The highest BCUT2D eigenvalue weighted by Gasteiger charge is 2.15. The molecule has 4 nitrogen and oxygen atoms in total. The van der Waals surface area contributed by atoms with Gasteiger partial charge in [0.2, 0.25) is 0 Å². The van der Waals surface area contributed by atoms with Gasteiger partial charge >= 0.3 is 0 Å². The molecule has 1 heterocycles. The average molecular weight is 286 g/mol. The van der Waals surface area contributed by atoms with Gasteiger partial charge in [0, 0.05) is 45.2 Å². The van der Waals surface area contributed by atoms with Crippen molar-refractivity contribution in [3.05, 3.63) is 12.2 Å². The number of nitrogens with zero attached hydrogens (tertiary/aromatic N) is 2. The lowest BCUT2D eigenvalue weighted by molar-refractivity contribution is -0.117. The molecule has 0 N–H and O–H groups in total. The Bertz CT molecular complexity index is 300. The second-order valence-electron chi connectivity index (χ2n) is 5.40. The van der Waals surface area contributed by atoms with Gasteiger partial charge in [-0.3, -0.25) is 14.6 Å². The Balaban J connectivity index is 2.11. The number of carbonyl (C=O) groups is 1. The fraction of sp³-hybridized carbons (Fsp3) is 0.800. The maximum absolute atomic E-state index is 11.9. The predicted molar refractivity (Wildman–Crippen MR) is 78.7 cm³/mol. The highest BCUT2D eigenvalue weighted by molar-refractivity contribution is 5.91. The molecule has 1 saturated heterocycles. The van der Waals surface area contributed by atoms with Crippen LogP contribution in [0.2, 0.25) is 0 Å². The highest BCUT2D eigenvalue weighted by Crippen LogP contribution is 2.02. The van der Waals surface area contributed by atoms with E-state index < -0.39 is 6.67 Å². The lowest BCUT2D eigenvalue weighted by atomic mass is 10.1. The first kappa shape index (κ1) is 17.3. The molecule has 1 aliphatic rings. The van der Waals surface area contributed by atoms with E-state index in [-0.39, 0.29) is 18.3 Å². The van der Waals surface area contributed by atoms with Crippen LogP contribution in [0.5, 0.6) is 0 Å². The molecule has 0 unspecified atom stereocenters. The summed E-state index contributed by atoms with van der Waals surface area (Å²) in [6.45, 7) is 9.95. The van der Waals surface area contributed by atoms with Crippen LogP contribution in [-0.4, -0.2) is 74.7 Å². The van der Waals surface area contributed by atoms with Gasteiger partial charge in [0.1, 0.15) is 6.67 Å². The summed E-state index contributed by atoms with van der Waals surface area (Å²) < 4.78 is 17.0. The smallest absolute Gasteiger partial charge is 0.157 e. The fourth-order valence-corrected chi connectivity index (χ4v) is 2.06. The summed E-state index contributed by atoms with van der Waals surface area (Å²) in [5.41, 5.74) is 0. The summed E-state index contributed by atoms with van der Waals surface area (Å²) in [5, 5.41) is 0. The number of halogens is 1. The quantitative estimate of drug-likeness (QED) is 0.473. The van der Waals surface area contributed by atoms with Crippen molar-refractivity contribution < 1.29 is 13.9 Å². The molecule has 0 bridgehead atoms. The molecule has 0 spiro atoms. The molecule has 1 aliphatic heterocycles. The molecule has 5 heteroatoms. The Morgan fingerprint density at radius 1 is 1.20 bits per heavy atom. The van der Waals surface area contributed by atoms with Crippen LogP contribution >= 0.6 is 0 Å². The Morgan fingerprint density at radius 2 is 1.85 bits per heavy atom. The third-order valence-electron chi connectivity index (χ3n) is 3.45.